The first-order valence-corrected chi connectivity index (χ1v) is 12.2. The fraction of sp³-hybridized carbons (Fsp3) is 0.241. The van der Waals surface area contributed by atoms with Crippen LogP contribution in [0.25, 0.3) is 11.0 Å². The van der Waals surface area contributed by atoms with Gasteiger partial charge in [-0.2, -0.15) is 0 Å². The van der Waals surface area contributed by atoms with E-state index >= 15 is 0 Å². The number of para-hydroxylation sites is 2. The summed E-state index contributed by atoms with van der Waals surface area (Å²) in [7, 11) is 1.55. The van der Waals surface area contributed by atoms with Crippen LogP contribution in [0.5, 0.6) is 5.75 Å². The van der Waals surface area contributed by atoms with Gasteiger partial charge in [-0.1, -0.05) is 18.2 Å². The Morgan fingerprint density at radius 1 is 1.06 bits per heavy atom. The van der Waals surface area contributed by atoms with Crippen LogP contribution in [-0.2, 0) is 12.8 Å². The molecule has 0 bridgehead atoms. The van der Waals surface area contributed by atoms with E-state index in [-0.39, 0.29) is 17.0 Å². The Morgan fingerprint density at radius 3 is 2.72 bits per heavy atom. The Morgan fingerprint density at radius 2 is 1.89 bits per heavy atom. The lowest BCUT2D eigenvalue weighted by Gasteiger charge is -2.37. The van der Waals surface area contributed by atoms with Crippen molar-refractivity contribution in [3.8, 4) is 5.75 Å². The van der Waals surface area contributed by atoms with Crippen LogP contribution in [0.15, 0.2) is 70.1 Å². The van der Waals surface area contributed by atoms with E-state index in [0.29, 0.717) is 17.1 Å². The second kappa shape index (κ2) is 9.15. The lowest BCUT2D eigenvalue weighted by atomic mass is 9.90. The second-order valence-corrected chi connectivity index (χ2v) is 9.19. The summed E-state index contributed by atoms with van der Waals surface area (Å²) in [4.78, 5) is 20.6. The number of rotatable bonds is 4. The van der Waals surface area contributed by atoms with E-state index in [1.807, 2.05) is 18.2 Å². The van der Waals surface area contributed by atoms with Crippen molar-refractivity contribution in [2.45, 2.75) is 25.7 Å². The van der Waals surface area contributed by atoms with Gasteiger partial charge in [-0.05, 0) is 73.7 Å². The van der Waals surface area contributed by atoms with Gasteiger partial charge in [0.05, 0.1) is 18.5 Å². The fourth-order valence-corrected chi connectivity index (χ4v) is 5.30. The number of anilines is 2. The molecule has 36 heavy (non-hydrogen) atoms. The highest BCUT2D eigenvalue weighted by Gasteiger charge is 2.27. The molecule has 182 valence electrons. The minimum absolute atomic E-state index is 0.143. The highest BCUT2D eigenvalue weighted by Crippen LogP contribution is 2.39. The average Bonchev–Trinajstić information content (AvgIpc) is 2.89. The first-order chi connectivity index (χ1) is 17.6. The van der Waals surface area contributed by atoms with Crippen molar-refractivity contribution in [3.63, 3.8) is 0 Å². The molecule has 2 aliphatic rings. The summed E-state index contributed by atoms with van der Waals surface area (Å²) in [5.41, 5.74) is 5.80. The summed E-state index contributed by atoms with van der Waals surface area (Å²) in [6.45, 7) is 2.09. The number of nitrogens with zero attached hydrogens (tertiary/aromatic N) is 2. The van der Waals surface area contributed by atoms with Crippen LogP contribution in [0.3, 0.4) is 0 Å². The van der Waals surface area contributed by atoms with E-state index < -0.39 is 5.82 Å². The van der Waals surface area contributed by atoms with E-state index in [4.69, 9.17) is 9.15 Å². The molecule has 0 fully saturated rings. The van der Waals surface area contributed by atoms with Gasteiger partial charge in [0, 0.05) is 29.7 Å². The molecule has 0 spiro atoms. The molecule has 0 atom stereocenters. The number of hydrogen-bond acceptors (Lipinski definition) is 5. The van der Waals surface area contributed by atoms with Crippen molar-refractivity contribution >= 4 is 33.9 Å². The summed E-state index contributed by atoms with van der Waals surface area (Å²) in [6, 6.07) is 17.1. The number of ether oxygens (including phenoxy) is 1. The monoisotopic (exact) mass is 483 g/mol. The molecule has 7 heteroatoms. The fourth-order valence-electron chi connectivity index (χ4n) is 5.30. The first kappa shape index (κ1) is 22.3. The van der Waals surface area contributed by atoms with Crippen molar-refractivity contribution in [2.75, 3.05) is 30.4 Å². The zero-order valence-corrected chi connectivity index (χ0v) is 20.0. The molecule has 0 unspecified atom stereocenters. The maximum Gasteiger partial charge on any atom is 0.261 e. The smallest absolute Gasteiger partial charge is 0.261 e. The van der Waals surface area contributed by atoms with Crippen molar-refractivity contribution in [1.82, 2.24) is 0 Å². The van der Waals surface area contributed by atoms with Crippen molar-refractivity contribution < 1.29 is 18.3 Å². The quantitative estimate of drug-likeness (QED) is 0.401. The number of carbonyl (C=O) groups excluding carboxylic acids is 1. The number of fused-ring (bicyclic) bond motifs is 2. The normalized spacial score (nSPS) is 15.1. The van der Waals surface area contributed by atoms with E-state index in [2.05, 4.69) is 21.3 Å². The van der Waals surface area contributed by atoms with E-state index in [1.165, 1.54) is 28.9 Å². The predicted molar refractivity (Wildman–Crippen MR) is 138 cm³/mol. The molecule has 6 nitrogen and oxygen atoms in total. The van der Waals surface area contributed by atoms with Gasteiger partial charge in [-0.25, -0.2) is 9.38 Å². The van der Waals surface area contributed by atoms with Crippen molar-refractivity contribution in [3.05, 3.63) is 88.7 Å². The SMILES string of the molecule is COc1ccccc1NC(=O)c1cc2cc3c4c(c2oc1=Nc1cccc(F)c1)CCCN4CCC3. The van der Waals surface area contributed by atoms with Crippen LogP contribution in [0.1, 0.15) is 34.3 Å². The zero-order valence-electron chi connectivity index (χ0n) is 20.0. The maximum absolute atomic E-state index is 13.9. The number of halogens is 1. The Hall–Kier alpha value is -4.13. The van der Waals surface area contributed by atoms with E-state index in [0.717, 1.165) is 49.7 Å². The number of carbonyl (C=O) groups is 1. The van der Waals surface area contributed by atoms with Crippen LogP contribution in [0.4, 0.5) is 21.5 Å². The molecule has 4 aromatic rings. The molecule has 0 radical (unpaired) electrons. The number of nitrogens with one attached hydrogen (secondary N) is 1. The molecule has 6 rings (SSSR count). The number of amides is 1. The molecule has 0 aliphatic carbocycles. The Labute approximate surface area is 208 Å². The molecule has 3 heterocycles. The summed E-state index contributed by atoms with van der Waals surface area (Å²) < 4.78 is 25.7. The lowest BCUT2D eigenvalue weighted by molar-refractivity contribution is 0.102. The molecule has 1 N–H and O–H groups in total. The number of aryl methyl sites for hydroxylation is 2. The van der Waals surface area contributed by atoms with E-state index in [9.17, 15) is 9.18 Å². The molecule has 1 aromatic heterocycles. The van der Waals surface area contributed by atoms with Gasteiger partial charge in [0.25, 0.3) is 5.91 Å². The Bertz CT molecular complexity index is 1560. The Kier molecular flexibility index (Phi) is 5.68. The van der Waals surface area contributed by atoms with Crippen LogP contribution >= 0.6 is 0 Å². The highest BCUT2D eigenvalue weighted by atomic mass is 19.1. The minimum atomic E-state index is -0.406. The van der Waals surface area contributed by atoms with Crippen molar-refractivity contribution in [2.24, 2.45) is 4.99 Å². The predicted octanol–water partition coefficient (Wildman–Crippen LogP) is 5.76. The van der Waals surface area contributed by atoms with Gasteiger partial charge in [0.1, 0.15) is 22.7 Å². The number of hydrogen-bond donors (Lipinski definition) is 1. The third-order valence-corrected chi connectivity index (χ3v) is 6.87. The standard InChI is InChI=1S/C29H26FN3O3/c1-35-25-12-3-2-11-24(25)32-28(34)23-16-19-15-18-7-5-13-33-14-6-10-22(26(18)33)27(19)36-29(23)31-21-9-4-8-20(30)17-21/h2-4,8-9,11-12,15-17H,5-7,10,13-14H2,1H3,(H,32,34). The molecule has 0 saturated heterocycles. The summed E-state index contributed by atoms with van der Waals surface area (Å²) in [5, 5.41) is 3.79. The highest BCUT2D eigenvalue weighted by molar-refractivity contribution is 6.06. The van der Waals surface area contributed by atoms with Gasteiger partial charge in [-0.15, -0.1) is 0 Å². The largest absolute Gasteiger partial charge is 0.495 e. The molecule has 3 aromatic carbocycles. The van der Waals surface area contributed by atoms with Gasteiger partial charge in [-0.3, -0.25) is 4.79 Å². The van der Waals surface area contributed by atoms with E-state index in [1.54, 1.807) is 31.4 Å². The zero-order chi connectivity index (χ0) is 24.6. The van der Waals surface area contributed by atoms with Crippen LogP contribution < -0.4 is 20.5 Å². The third kappa shape index (κ3) is 4.00. The van der Waals surface area contributed by atoms with Gasteiger partial charge >= 0.3 is 0 Å². The van der Waals surface area contributed by atoms with Crippen LogP contribution in [0.2, 0.25) is 0 Å². The molecule has 1 amide bonds. The molecular formula is C29H26FN3O3. The first-order valence-electron chi connectivity index (χ1n) is 12.2. The molecule has 0 saturated carbocycles. The second-order valence-electron chi connectivity index (χ2n) is 9.19. The summed E-state index contributed by atoms with van der Waals surface area (Å²) >= 11 is 0. The average molecular weight is 484 g/mol. The van der Waals surface area contributed by atoms with Crippen molar-refractivity contribution in [1.29, 1.82) is 0 Å². The number of benzene rings is 3. The van der Waals surface area contributed by atoms with Gasteiger partial charge in [0.15, 0.2) is 0 Å². The molecule has 2 aliphatic heterocycles. The Balaban J connectivity index is 1.56. The lowest BCUT2D eigenvalue weighted by Crippen LogP contribution is -2.34. The topological polar surface area (TPSA) is 67.1 Å². The van der Waals surface area contributed by atoms with Gasteiger partial charge in [0.2, 0.25) is 5.55 Å². The summed E-state index contributed by atoms with van der Waals surface area (Å²) in [5.74, 6) is -0.240. The maximum atomic E-state index is 13.9. The minimum Gasteiger partial charge on any atom is -0.495 e. The number of methoxy groups -OCH3 is 1. The van der Waals surface area contributed by atoms with Crippen LogP contribution in [0, 0.1) is 5.82 Å². The molecular weight excluding hydrogens is 457 g/mol. The van der Waals surface area contributed by atoms with Crippen LogP contribution in [-0.4, -0.2) is 26.1 Å². The summed E-state index contributed by atoms with van der Waals surface area (Å²) in [6.07, 6.45) is 4.08. The van der Waals surface area contributed by atoms with Gasteiger partial charge < -0.3 is 19.4 Å². The third-order valence-electron chi connectivity index (χ3n) is 6.87.